The fourth-order valence-corrected chi connectivity index (χ4v) is 1.41. The van der Waals surface area contributed by atoms with Gasteiger partial charge in [0.15, 0.2) is 5.92 Å². The minimum Gasteiger partial charge on any atom is -0.465 e. The lowest BCUT2D eigenvalue weighted by molar-refractivity contribution is -0.386. The highest BCUT2D eigenvalue weighted by Gasteiger charge is 2.31. The van der Waals surface area contributed by atoms with E-state index in [1.165, 1.54) is 0 Å². The molecule has 8 heteroatoms. The molecule has 1 unspecified atom stereocenters. The first-order valence-corrected chi connectivity index (χ1v) is 5.25. The molecule has 0 radical (unpaired) electrons. The second kappa shape index (κ2) is 5.93. The highest BCUT2D eigenvalue weighted by Crippen LogP contribution is 2.27. The van der Waals surface area contributed by atoms with E-state index < -0.39 is 22.5 Å². The molecule has 18 heavy (non-hydrogen) atoms. The summed E-state index contributed by atoms with van der Waals surface area (Å²) in [6.45, 7) is 1.63. The number of hydrogen-bond acceptors (Lipinski definition) is 6. The second-order valence-electron chi connectivity index (χ2n) is 3.13. The lowest BCUT2D eigenvalue weighted by Crippen LogP contribution is -2.17. The van der Waals surface area contributed by atoms with E-state index >= 15 is 0 Å². The van der Waals surface area contributed by atoms with Crippen LogP contribution in [0.15, 0.2) is 12.3 Å². The van der Waals surface area contributed by atoms with Crippen molar-refractivity contribution in [3.8, 4) is 6.07 Å². The van der Waals surface area contributed by atoms with Crippen molar-refractivity contribution in [3.05, 3.63) is 33.1 Å². The fraction of sp³-hybridized carbons (Fsp3) is 0.300. The first-order valence-electron chi connectivity index (χ1n) is 4.87. The number of nitro groups is 1. The van der Waals surface area contributed by atoms with E-state index in [1.54, 1.807) is 13.0 Å². The molecule has 0 fully saturated rings. The second-order valence-corrected chi connectivity index (χ2v) is 3.57. The molecule has 0 aliphatic carbocycles. The number of nitrogens with zero attached hydrogens (tertiary/aromatic N) is 3. The Kier molecular flexibility index (Phi) is 4.57. The monoisotopic (exact) mass is 269 g/mol. The molecule has 0 bridgehead atoms. The topological polar surface area (TPSA) is 106 Å². The predicted molar refractivity (Wildman–Crippen MR) is 60.9 cm³/mol. The Balaban J connectivity index is 3.26. The van der Waals surface area contributed by atoms with Crippen LogP contribution in [0.5, 0.6) is 0 Å². The molecule has 0 saturated carbocycles. The van der Waals surface area contributed by atoms with E-state index in [1.807, 2.05) is 0 Å². The number of ether oxygens (including phenoxy) is 1. The largest absolute Gasteiger partial charge is 0.465 e. The Morgan fingerprint density at radius 2 is 2.44 bits per heavy atom. The molecule has 0 amide bonds. The molecular formula is C10H8ClN3O4. The summed E-state index contributed by atoms with van der Waals surface area (Å²) in [5, 5.41) is 19.8. The number of carbonyl (C=O) groups excluding carboxylic acids is 1. The van der Waals surface area contributed by atoms with Gasteiger partial charge in [-0.3, -0.25) is 19.9 Å². The van der Waals surface area contributed by atoms with Crippen molar-refractivity contribution in [2.24, 2.45) is 0 Å². The molecule has 94 valence electrons. The van der Waals surface area contributed by atoms with Gasteiger partial charge in [-0.15, -0.1) is 0 Å². The summed E-state index contributed by atoms with van der Waals surface area (Å²) in [7, 11) is 0. The van der Waals surface area contributed by atoms with Gasteiger partial charge in [-0.2, -0.15) is 5.26 Å². The number of aromatic nitrogens is 1. The van der Waals surface area contributed by atoms with Crippen molar-refractivity contribution < 1.29 is 14.5 Å². The van der Waals surface area contributed by atoms with Crippen molar-refractivity contribution in [2.45, 2.75) is 12.8 Å². The number of pyridine rings is 1. The zero-order chi connectivity index (χ0) is 13.7. The van der Waals surface area contributed by atoms with E-state index in [9.17, 15) is 14.9 Å². The van der Waals surface area contributed by atoms with Crippen LogP contribution in [0.3, 0.4) is 0 Å². The molecule has 7 nitrogen and oxygen atoms in total. The number of nitriles is 1. The average molecular weight is 270 g/mol. The van der Waals surface area contributed by atoms with Gasteiger partial charge in [-0.25, -0.2) is 0 Å². The van der Waals surface area contributed by atoms with Crippen molar-refractivity contribution in [3.63, 3.8) is 0 Å². The molecule has 0 aliphatic heterocycles. The molecule has 1 aromatic heterocycles. The zero-order valence-corrected chi connectivity index (χ0v) is 10.0. The van der Waals surface area contributed by atoms with Crippen LogP contribution in [0, 0.1) is 21.4 Å². The van der Waals surface area contributed by atoms with E-state index in [0.717, 1.165) is 12.3 Å². The zero-order valence-electron chi connectivity index (χ0n) is 9.29. The summed E-state index contributed by atoms with van der Waals surface area (Å²) in [6.07, 6.45) is 1.13. The first kappa shape index (κ1) is 13.9. The third-order valence-electron chi connectivity index (χ3n) is 1.99. The van der Waals surface area contributed by atoms with Crippen LogP contribution in [-0.4, -0.2) is 22.5 Å². The lowest BCUT2D eigenvalue weighted by Gasteiger charge is -2.08. The van der Waals surface area contributed by atoms with Gasteiger partial charge in [0.1, 0.15) is 5.69 Å². The van der Waals surface area contributed by atoms with E-state index in [4.69, 9.17) is 16.9 Å². The third kappa shape index (κ3) is 2.93. The van der Waals surface area contributed by atoms with Gasteiger partial charge in [0, 0.05) is 12.3 Å². The van der Waals surface area contributed by atoms with Crippen LogP contribution in [0.2, 0.25) is 5.02 Å². The maximum atomic E-state index is 11.5. The van der Waals surface area contributed by atoms with Gasteiger partial charge in [0.05, 0.1) is 22.6 Å². The smallest absolute Gasteiger partial charge is 0.329 e. The van der Waals surface area contributed by atoms with Gasteiger partial charge in [0.2, 0.25) is 0 Å². The molecule has 1 atom stereocenters. The summed E-state index contributed by atoms with van der Waals surface area (Å²) in [4.78, 5) is 25.2. The Bertz CT molecular complexity index is 526. The Hall–Kier alpha value is -2.20. The minimum atomic E-state index is -1.44. The maximum Gasteiger partial charge on any atom is 0.329 e. The summed E-state index contributed by atoms with van der Waals surface area (Å²) < 4.78 is 4.66. The van der Waals surface area contributed by atoms with Crippen LogP contribution in [0.25, 0.3) is 0 Å². The number of halogens is 1. The van der Waals surface area contributed by atoms with Gasteiger partial charge in [-0.1, -0.05) is 11.6 Å². The first-order chi connectivity index (χ1) is 8.51. The number of hydrogen-bond donors (Lipinski definition) is 0. The molecule has 0 N–H and O–H groups in total. The SMILES string of the molecule is CCOC(=O)C(C#N)c1ncc(Cl)cc1[N+](=O)[O-]. The van der Waals surface area contributed by atoms with Crippen LogP contribution in [-0.2, 0) is 9.53 Å². The normalized spacial score (nSPS) is 11.4. The standard InChI is InChI=1S/C10H8ClN3O4/c1-2-18-10(15)7(4-12)9-8(14(16)17)3-6(11)5-13-9/h3,5,7H,2H2,1H3. The highest BCUT2D eigenvalue weighted by molar-refractivity contribution is 6.30. The van der Waals surface area contributed by atoms with E-state index in [0.29, 0.717) is 0 Å². The number of carbonyl (C=O) groups is 1. The minimum absolute atomic E-state index is 0.0472. The van der Waals surface area contributed by atoms with Gasteiger partial charge in [-0.05, 0) is 6.92 Å². The molecule has 0 spiro atoms. The molecular weight excluding hydrogens is 262 g/mol. The summed E-state index contributed by atoms with van der Waals surface area (Å²) in [5.74, 6) is -2.32. The van der Waals surface area contributed by atoms with Crippen molar-refractivity contribution >= 4 is 23.3 Å². The summed E-state index contributed by atoms with van der Waals surface area (Å²) >= 11 is 5.58. The highest BCUT2D eigenvalue weighted by atomic mass is 35.5. The molecule has 0 saturated heterocycles. The van der Waals surface area contributed by atoms with Gasteiger partial charge in [0.25, 0.3) is 5.69 Å². The van der Waals surface area contributed by atoms with E-state index in [2.05, 4.69) is 9.72 Å². The van der Waals surface area contributed by atoms with Crippen molar-refractivity contribution in [2.75, 3.05) is 6.61 Å². The lowest BCUT2D eigenvalue weighted by atomic mass is 10.1. The molecule has 0 aliphatic rings. The average Bonchev–Trinajstić information content (AvgIpc) is 2.32. The predicted octanol–water partition coefficient (Wildman–Crippen LogP) is 1.81. The van der Waals surface area contributed by atoms with Crippen molar-refractivity contribution in [1.29, 1.82) is 5.26 Å². The van der Waals surface area contributed by atoms with Crippen LogP contribution >= 0.6 is 11.6 Å². The van der Waals surface area contributed by atoms with Crippen LogP contribution in [0.4, 0.5) is 5.69 Å². The number of esters is 1. The summed E-state index contributed by atoms with van der Waals surface area (Å²) in [6, 6.07) is 2.67. The van der Waals surface area contributed by atoms with Crippen molar-refractivity contribution in [1.82, 2.24) is 4.98 Å². The van der Waals surface area contributed by atoms with E-state index in [-0.39, 0.29) is 17.3 Å². The fourth-order valence-electron chi connectivity index (χ4n) is 1.26. The molecule has 1 rings (SSSR count). The summed E-state index contributed by atoms with van der Waals surface area (Å²) in [5.41, 5.74) is -0.757. The molecule has 1 aromatic rings. The Labute approximate surface area is 107 Å². The molecule has 0 aromatic carbocycles. The molecule has 1 heterocycles. The van der Waals surface area contributed by atoms with Gasteiger partial charge < -0.3 is 4.74 Å². The Morgan fingerprint density at radius 1 is 1.78 bits per heavy atom. The number of rotatable bonds is 4. The maximum absolute atomic E-state index is 11.5. The quantitative estimate of drug-likeness (QED) is 0.469. The Morgan fingerprint density at radius 3 is 2.94 bits per heavy atom. The van der Waals surface area contributed by atoms with Gasteiger partial charge >= 0.3 is 5.97 Å². The van der Waals surface area contributed by atoms with Crippen LogP contribution < -0.4 is 0 Å². The third-order valence-corrected chi connectivity index (χ3v) is 2.19. The van der Waals surface area contributed by atoms with Crippen LogP contribution in [0.1, 0.15) is 18.5 Å².